The van der Waals surface area contributed by atoms with E-state index in [9.17, 15) is 9.59 Å². The number of piperidine rings is 1. The average Bonchev–Trinajstić information content (AvgIpc) is 3.32. The van der Waals surface area contributed by atoms with Gasteiger partial charge in [-0.05, 0) is 32.1 Å². The quantitative estimate of drug-likeness (QED) is 0.764. The second kappa shape index (κ2) is 8.37. The molecule has 3 aliphatic rings. The first-order valence-corrected chi connectivity index (χ1v) is 10.3. The van der Waals surface area contributed by atoms with Crippen LogP contribution in [0.5, 0.6) is 0 Å². The molecule has 27 heavy (non-hydrogen) atoms. The highest BCUT2D eigenvalue weighted by Crippen LogP contribution is 2.35. The van der Waals surface area contributed by atoms with Gasteiger partial charge in [0.25, 0.3) is 0 Å². The number of aromatic nitrogens is 2. The zero-order valence-corrected chi connectivity index (χ0v) is 15.8. The number of carbonyl (C=O) groups is 2. The second-order valence-electron chi connectivity index (χ2n) is 8.04. The number of amides is 2. The van der Waals surface area contributed by atoms with Crippen molar-refractivity contribution in [3.05, 3.63) is 11.7 Å². The molecule has 1 aromatic heterocycles. The number of nitrogens with one attached hydrogen (secondary N) is 2. The topological polar surface area (TPSA) is 100 Å². The maximum Gasteiger partial charge on any atom is 0.229 e. The van der Waals surface area contributed by atoms with Gasteiger partial charge in [0.1, 0.15) is 0 Å². The fourth-order valence-electron chi connectivity index (χ4n) is 4.16. The highest BCUT2D eigenvalue weighted by atomic mass is 16.5. The summed E-state index contributed by atoms with van der Waals surface area (Å²) in [4.78, 5) is 31.5. The average molecular weight is 375 g/mol. The third-order valence-electron chi connectivity index (χ3n) is 6.07. The summed E-state index contributed by atoms with van der Waals surface area (Å²) < 4.78 is 5.31. The van der Waals surface area contributed by atoms with E-state index in [1.165, 1.54) is 6.42 Å². The Morgan fingerprint density at radius 1 is 1.15 bits per heavy atom. The summed E-state index contributed by atoms with van der Waals surface area (Å²) in [5.41, 5.74) is 0. The summed E-state index contributed by atoms with van der Waals surface area (Å²) in [5, 5.41) is 10.2. The third-order valence-corrected chi connectivity index (χ3v) is 6.07. The van der Waals surface area contributed by atoms with Crippen molar-refractivity contribution < 1.29 is 14.1 Å². The van der Waals surface area contributed by atoms with Gasteiger partial charge in [0, 0.05) is 45.1 Å². The molecular weight excluding hydrogens is 346 g/mol. The summed E-state index contributed by atoms with van der Waals surface area (Å²) in [7, 11) is 0. The Bertz CT molecular complexity index is 666. The van der Waals surface area contributed by atoms with Crippen LogP contribution in [0, 0.1) is 11.8 Å². The molecule has 2 atom stereocenters. The van der Waals surface area contributed by atoms with Crippen LogP contribution >= 0.6 is 0 Å². The molecule has 8 heteroatoms. The maximum atomic E-state index is 12.6. The van der Waals surface area contributed by atoms with Gasteiger partial charge >= 0.3 is 0 Å². The second-order valence-corrected chi connectivity index (χ2v) is 8.04. The van der Waals surface area contributed by atoms with Crippen LogP contribution in [0.3, 0.4) is 0 Å². The van der Waals surface area contributed by atoms with Gasteiger partial charge in [-0.15, -0.1) is 0 Å². The maximum absolute atomic E-state index is 12.6. The molecule has 2 amide bonds. The number of nitrogens with zero attached hydrogens (tertiary/aromatic N) is 3. The molecule has 3 heterocycles. The molecule has 8 nitrogen and oxygen atoms in total. The molecule has 0 unspecified atom stereocenters. The predicted octanol–water partition coefficient (Wildman–Crippen LogP) is 0.844. The largest absolute Gasteiger partial charge is 0.355 e. The molecule has 0 radical (unpaired) electrons. The Morgan fingerprint density at radius 2 is 1.93 bits per heavy atom. The molecule has 148 valence electrons. The van der Waals surface area contributed by atoms with Gasteiger partial charge in [-0.25, -0.2) is 0 Å². The monoisotopic (exact) mass is 375 g/mol. The van der Waals surface area contributed by atoms with Gasteiger partial charge in [-0.3, -0.25) is 9.59 Å². The molecule has 0 bridgehead atoms. The summed E-state index contributed by atoms with van der Waals surface area (Å²) in [6, 6.07) is 0. The number of hydrogen-bond acceptors (Lipinski definition) is 6. The summed E-state index contributed by atoms with van der Waals surface area (Å²) in [6.45, 7) is 3.51. The standard InChI is InChI=1S/C19H29N5O3/c25-17(21-7-6-16-22-18(27-23-16)13-4-3-5-13)14-10-15(12-20-11-14)19(26)24-8-1-2-9-24/h13-15,20H,1-12H2,(H,21,25)/t14-,15+/m1/s1. The first kappa shape index (κ1) is 18.4. The molecule has 2 N–H and O–H groups in total. The van der Waals surface area contributed by atoms with E-state index in [1.807, 2.05) is 4.90 Å². The Morgan fingerprint density at radius 3 is 2.67 bits per heavy atom. The van der Waals surface area contributed by atoms with E-state index in [2.05, 4.69) is 20.8 Å². The van der Waals surface area contributed by atoms with Crippen molar-refractivity contribution in [3.8, 4) is 0 Å². The molecule has 0 spiro atoms. The molecule has 2 saturated heterocycles. The van der Waals surface area contributed by atoms with Crippen LogP contribution in [0.15, 0.2) is 4.52 Å². The van der Waals surface area contributed by atoms with Crippen molar-refractivity contribution in [2.75, 3.05) is 32.7 Å². The predicted molar refractivity (Wildman–Crippen MR) is 97.9 cm³/mol. The summed E-state index contributed by atoms with van der Waals surface area (Å²) in [6.07, 6.45) is 6.87. The minimum absolute atomic E-state index is 0.00383. The van der Waals surface area contributed by atoms with Crippen LogP contribution in [0.1, 0.15) is 56.2 Å². The van der Waals surface area contributed by atoms with Crippen molar-refractivity contribution in [1.29, 1.82) is 0 Å². The minimum Gasteiger partial charge on any atom is -0.355 e. The summed E-state index contributed by atoms with van der Waals surface area (Å²) in [5.74, 6) is 1.78. The van der Waals surface area contributed by atoms with Crippen LogP contribution in [0.2, 0.25) is 0 Å². The lowest BCUT2D eigenvalue weighted by Gasteiger charge is -2.31. The minimum atomic E-state index is -0.161. The van der Waals surface area contributed by atoms with Gasteiger partial charge in [0.05, 0.1) is 11.8 Å². The molecule has 2 aliphatic heterocycles. The van der Waals surface area contributed by atoms with Gasteiger partial charge in [0.2, 0.25) is 17.7 Å². The van der Waals surface area contributed by atoms with E-state index in [1.54, 1.807) is 0 Å². The van der Waals surface area contributed by atoms with Crippen LogP contribution in [0.25, 0.3) is 0 Å². The SMILES string of the molecule is O=C(NCCc1noc(C2CCC2)n1)[C@H]1CNC[C@@H](C(=O)N2CCCC2)C1. The van der Waals surface area contributed by atoms with Crippen molar-refractivity contribution in [2.45, 2.75) is 50.9 Å². The first-order chi connectivity index (χ1) is 13.2. The molecule has 1 aromatic rings. The van der Waals surface area contributed by atoms with Crippen LogP contribution in [-0.2, 0) is 16.0 Å². The van der Waals surface area contributed by atoms with E-state index in [0.29, 0.717) is 44.2 Å². The van der Waals surface area contributed by atoms with Crippen LogP contribution in [0.4, 0.5) is 0 Å². The highest BCUT2D eigenvalue weighted by Gasteiger charge is 2.34. The molecule has 0 aromatic carbocycles. The van der Waals surface area contributed by atoms with Crippen molar-refractivity contribution >= 4 is 11.8 Å². The highest BCUT2D eigenvalue weighted by molar-refractivity contribution is 5.83. The van der Waals surface area contributed by atoms with E-state index >= 15 is 0 Å². The number of carbonyl (C=O) groups excluding carboxylic acids is 2. The van der Waals surface area contributed by atoms with Gasteiger partial charge in [-0.1, -0.05) is 11.6 Å². The van der Waals surface area contributed by atoms with Gasteiger partial charge < -0.3 is 20.1 Å². The Kier molecular flexibility index (Phi) is 5.71. The Labute approximate surface area is 159 Å². The van der Waals surface area contributed by atoms with Gasteiger partial charge in [0.15, 0.2) is 5.82 Å². The van der Waals surface area contributed by atoms with Crippen molar-refractivity contribution in [2.24, 2.45) is 11.8 Å². The van der Waals surface area contributed by atoms with E-state index in [-0.39, 0.29) is 23.7 Å². The lowest BCUT2D eigenvalue weighted by molar-refractivity contribution is -0.136. The fourth-order valence-corrected chi connectivity index (χ4v) is 4.16. The lowest BCUT2D eigenvalue weighted by atomic mass is 9.85. The fraction of sp³-hybridized carbons (Fsp3) is 0.789. The van der Waals surface area contributed by atoms with Crippen molar-refractivity contribution in [3.63, 3.8) is 0 Å². The molecule has 1 saturated carbocycles. The zero-order valence-electron chi connectivity index (χ0n) is 15.8. The lowest BCUT2D eigenvalue weighted by Crippen LogP contribution is -2.49. The zero-order chi connectivity index (χ0) is 18.6. The number of likely N-dealkylation sites (tertiary alicyclic amines) is 1. The van der Waals surface area contributed by atoms with Crippen molar-refractivity contribution in [1.82, 2.24) is 25.7 Å². The van der Waals surface area contributed by atoms with E-state index < -0.39 is 0 Å². The Hall–Kier alpha value is -1.96. The number of hydrogen-bond donors (Lipinski definition) is 2. The molecule has 3 fully saturated rings. The molecular formula is C19H29N5O3. The molecule has 4 rings (SSSR count). The summed E-state index contributed by atoms with van der Waals surface area (Å²) >= 11 is 0. The van der Waals surface area contributed by atoms with Crippen LogP contribution < -0.4 is 10.6 Å². The van der Waals surface area contributed by atoms with Gasteiger partial charge in [-0.2, -0.15) is 4.98 Å². The first-order valence-electron chi connectivity index (χ1n) is 10.3. The van der Waals surface area contributed by atoms with E-state index in [0.717, 1.165) is 44.7 Å². The Balaban J connectivity index is 1.21. The third kappa shape index (κ3) is 4.31. The normalized spacial score (nSPS) is 26.0. The smallest absolute Gasteiger partial charge is 0.229 e. The van der Waals surface area contributed by atoms with E-state index in [4.69, 9.17) is 4.52 Å². The number of rotatable bonds is 6. The van der Waals surface area contributed by atoms with Crippen LogP contribution in [-0.4, -0.2) is 59.6 Å². The molecule has 1 aliphatic carbocycles.